The summed E-state index contributed by atoms with van der Waals surface area (Å²) in [6.45, 7) is 0. The van der Waals surface area contributed by atoms with Gasteiger partial charge in [0.15, 0.2) is 21.4 Å². The summed E-state index contributed by atoms with van der Waals surface area (Å²) in [5, 5.41) is 0.215. The zero-order chi connectivity index (χ0) is 29.5. The van der Waals surface area contributed by atoms with Gasteiger partial charge in [-0.15, -0.1) is 0 Å². The van der Waals surface area contributed by atoms with E-state index in [2.05, 4.69) is 4.98 Å². The number of ether oxygens (including phenoxy) is 1. The average molecular weight is 600 g/mol. The van der Waals surface area contributed by atoms with Crippen LogP contribution >= 0.6 is 0 Å². The van der Waals surface area contributed by atoms with Crippen LogP contribution in [0.4, 0.5) is 8.78 Å². The number of hydrogen-bond donors (Lipinski definition) is 0. The van der Waals surface area contributed by atoms with Gasteiger partial charge in [0, 0.05) is 54.5 Å². The molecule has 0 saturated heterocycles. The molecule has 0 fully saturated rings. The van der Waals surface area contributed by atoms with Crippen molar-refractivity contribution in [1.82, 2.24) is 13.5 Å². The smallest absolute Gasteiger partial charge is 0.275 e. The monoisotopic (exact) mass is 599 g/mol. The summed E-state index contributed by atoms with van der Waals surface area (Å²) in [7, 11) is -6.10. The van der Waals surface area contributed by atoms with Crippen molar-refractivity contribution in [2.75, 3.05) is 6.26 Å². The Morgan fingerprint density at radius 2 is 1.63 bits per heavy atom. The van der Waals surface area contributed by atoms with Crippen LogP contribution in [0.3, 0.4) is 0 Å². The standard InChI is InChI=1S/C28H23F2N3O6S2/c1-32-15-23(21-10-11-33(26(21)28(32)34)41(37,38)17-18-6-4-3-5-7-18)22-12-19(16-40(2,35)36)14-31-27(22)39-25-9-8-20(29)13-24(25)30/h3-15H,16-17H2,1-2H3. The maximum absolute atomic E-state index is 14.5. The number of hydrogen-bond acceptors (Lipinski definition) is 7. The lowest BCUT2D eigenvalue weighted by Gasteiger charge is -2.15. The third-order valence-electron chi connectivity index (χ3n) is 6.21. The molecule has 0 unspecified atom stereocenters. The SMILES string of the molecule is Cn1cc(-c2cc(CS(C)(=O)=O)cnc2Oc2ccc(F)cc2F)c2ccn(S(=O)(=O)Cc3ccccc3)c2c1=O. The number of benzene rings is 2. The maximum atomic E-state index is 14.5. The molecule has 13 heteroatoms. The second-order valence-corrected chi connectivity index (χ2v) is 13.5. The highest BCUT2D eigenvalue weighted by atomic mass is 32.2. The number of fused-ring (bicyclic) bond motifs is 1. The lowest BCUT2D eigenvalue weighted by molar-refractivity contribution is 0.425. The van der Waals surface area contributed by atoms with E-state index in [1.165, 1.54) is 42.3 Å². The predicted octanol–water partition coefficient (Wildman–Crippen LogP) is 4.40. The minimum Gasteiger partial charge on any atom is -0.435 e. The Labute approximate surface area is 234 Å². The summed E-state index contributed by atoms with van der Waals surface area (Å²) in [4.78, 5) is 17.5. The average Bonchev–Trinajstić information content (AvgIpc) is 3.35. The van der Waals surface area contributed by atoms with Crippen molar-refractivity contribution in [3.8, 4) is 22.8 Å². The molecule has 0 spiro atoms. The highest BCUT2D eigenvalue weighted by molar-refractivity contribution is 7.90. The van der Waals surface area contributed by atoms with Gasteiger partial charge < -0.3 is 9.30 Å². The number of sulfone groups is 1. The van der Waals surface area contributed by atoms with Crippen molar-refractivity contribution >= 4 is 30.8 Å². The largest absolute Gasteiger partial charge is 0.435 e. The topological polar surface area (TPSA) is 117 Å². The quantitative estimate of drug-likeness (QED) is 0.260. The van der Waals surface area contributed by atoms with Crippen molar-refractivity contribution in [3.05, 3.63) is 112 Å². The molecular formula is C28H23F2N3O6S2. The number of nitrogens with zero attached hydrogens (tertiary/aromatic N) is 3. The predicted molar refractivity (Wildman–Crippen MR) is 150 cm³/mol. The van der Waals surface area contributed by atoms with Gasteiger partial charge in [-0.25, -0.2) is 34.6 Å². The Hall–Kier alpha value is -4.36. The van der Waals surface area contributed by atoms with E-state index >= 15 is 0 Å². The van der Waals surface area contributed by atoms with Crippen LogP contribution in [0.5, 0.6) is 11.6 Å². The highest BCUT2D eigenvalue weighted by Gasteiger charge is 2.24. The molecule has 9 nitrogen and oxygen atoms in total. The zero-order valence-corrected chi connectivity index (χ0v) is 23.4. The summed E-state index contributed by atoms with van der Waals surface area (Å²) in [5.74, 6) is -3.08. The normalized spacial score (nSPS) is 12.1. The van der Waals surface area contributed by atoms with E-state index in [9.17, 15) is 30.4 Å². The van der Waals surface area contributed by atoms with Crippen molar-refractivity contribution in [2.45, 2.75) is 11.5 Å². The van der Waals surface area contributed by atoms with Crippen molar-refractivity contribution < 1.29 is 30.4 Å². The first-order valence-electron chi connectivity index (χ1n) is 12.1. The van der Waals surface area contributed by atoms with Gasteiger partial charge in [0.2, 0.25) is 15.9 Å². The number of aryl methyl sites for hydroxylation is 1. The van der Waals surface area contributed by atoms with Gasteiger partial charge in [0.1, 0.15) is 11.3 Å². The molecular weight excluding hydrogens is 576 g/mol. The summed E-state index contributed by atoms with van der Waals surface area (Å²) < 4.78 is 86.6. The third-order valence-corrected chi connectivity index (χ3v) is 8.67. The molecule has 0 bridgehead atoms. The van der Waals surface area contributed by atoms with Crippen LogP contribution in [-0.2, 0) is 38.4 Å². The second-order valence-electron chi connectivity index (χ2n) is 9.52. The van der Waals surface area contributed by atoms with Crippen LogP contribution in [0.15, 0.2) is 84.0 Å². The van der Waals surface area contributed by atoms with E-state index < -0.39 is 37.1 Å². The van der Waals surface area contributed by atoms with Crippen LogP contribution < -0.4 is 10.3 Å². The van der Waals surface area contributed by atoms with E-state index in [0.717, 1.165) is 22.4 Å². The molecule has 0 N–H and O–H groups in total. The summed E-state index contributed by atoms with van der Waals surface area (Å²) in [6, 6.07) is 14.1. The molecule has 3 aromatic heterocycles. The number of halogens is 2. The summed E-state index contributed by atoms with van der Waals surface area (Å²) >= 11 is 0. The molecule has 0 amide bonds. The van der Waals surface area contributed by atoms with E-state index in [1.807, 2.05) is 0 Å². The van der Waals surface area contributed by atoms with Crippen LogP contribution in [0.2, 0.25) is 0 Å². The van der Waals surface area contributed by atoms with Crippen LogP contribution in [0.25, 0.3) is 22.0 Å². The van der Waals surface area contributed by atoms with Gasteiger partial charge in [-0.1, -0.05) is 30.3 Å². The van der Waals surface area contributed by atoms with E-state index in [0.29, 0.717) is 11.6 Å². The molecule has 41 heavy (non-hydrogen) atoms. The number of rotatable bonds is 8. The molecule has 0 saturated carbocycles. The first-order valence-corrected chi connectivity index (χ1v) is 15.8. The Kier molecular flexibility index (Phi) is 7.26. The molecule has 5 rings (SSSR count). The van der Waals surface area contributed by atoms with E-state index in [-0.39, 0.29) is 50.7 Å². The summed E-state index contributed by atoms with van der Waals surface area (Å²) in [5.41, 5.74) is 0.487. The van der Waals surface area contributed by atoms with Gasteiger partial charge in [-0.3, -0.25) is 4.79 Å². The fraction of sp³-hybridized carbons (Fsp3) is 0.143. The van der Waals surface area contributed by atoms with E-state index in [1.54, 1.807) is 30.3 Å². The molecule has 0 aliphatic rings. The molecule has 0 aliphatic heterocycles. The Balaban J connectivity index is 1.72. The van der Waals surface area contributed by atoms with Gasteiger partial charge >= 0.3 is 0 Å². The van der Waals surface area contributed by atoms with Gasteiger partial charge in [-0.2, -0.15) is 0 Å². The Morgan fingerprint density at radius 1 is 0.902 bits per heavy atom. The fourth-order valence-electron chi connectivity index (χ4n) is 4.44. The van der Waals surface area contributed by atoms with E-state index in [4.69, 9.17) is 4.74 Å². The molecule has 212 valence electrons. The molecule has 3 heterocycles. The number of aromatic nitrogens is 3. The molecule has 2 aromatic carbocycles. The van der Waals surface area contributed by atoms with Crippen molar-refractivity contribution in [2.24, 2.45) is 7.05 Å². The molecule has 5 aromatic rings. The second kappa shape index (κ2) is 10.6. The zero-order valence-electron chi connectivity index (χ0n) is 21.8. The Bertz CT molecular complexity index is 2070. The molecule has 0 aliphatic carbocycles. The van der Waals surface area contributed by atoms with Crippen LogP contribution in [0.1, 0.15) is 11.1 Å². The fourth-order valence-corrected chi connectivity index (χ4v) is 6.66. The number of pyridine rings is 2. The highest BCUT2D eigenvalue weighted by Crippen LogP contribution is 2.37. The molecule has 0 radical (unpaired) electrons. The van der Waals surface area contributed by atoms with Gasteiger partial charge in [-0.05, 0) is 35.4 Å². The summed E-state index contributed by atoms with van der Waals surface area (Å²) in [6.07, 6.45) is 4.98. The third kappa shape index (κ3) is 5.91. The molecule has 0 atom stereocenters. The first kappa shape index (κ1) is 28.2. The minimum absolute atomic E-state index is 0.145. The van der Waals surface area contributed by atoms with Gasteiger partial charge in [0.25, 0.3) is 5.56 Å². The first-order chi connectivity index (χ1) is 19.3. The maximum Gasteiger partial charge on any atom is 0.275 e. The van der Waals surface area contributed by atoms with Crippen LogP contribution in [0, 0.1) is 11.6 Å². The Morgan fingerprint density at radius 3 is 2.32 bits per heavy atom. The van der Waals surface area contributed by atoms with Crippen molar-refractivity contribution in [3.63, 3.8) is 0 Å². The lowest BCUT2D eigenvalue weighted by Crippen LogP contribution is -2.23. The van der Waals surface area contributed by atoms with Crippen LogP contribution in [-0.4, -0.2) is 36.6 Å². The van der Waals surface area contributed by atoms with Crippen molar-refractivity contribution in [1.29, 1.82) is 0 Å². The van der Waals surface area contributed by atoms with Gasteiger partial charge in [0.05, 0.1) is 11.5 Å². The minimum atomic E-state index is -4.04. The lowest BCUT2D eigenvalue weighted by atomic mass is 10.0.